The molecule has 1 heterocycles. The normalized spacial score (nSPS) is 14.0. The van der Waals surface area contributed by atoms with Gasteiger partial charge in [0.05, 0.1) is 0 Å². The van der Waals surface area contributed by atoms with Crippen LogP contribution in [0.2, 0.25) is 0 Å². The van der Waals surface area contributed by atoms with Gasteiger partial charge in [0.15, 0.2) is 0 Å². The van der Waals surface area contributed by atoms with Gasteiger partial charge >= 0.3 is 6.03 Å². The molecule has 0 aromatic heterocycles. The van der Waals surface area contributed by atoms with Crippen molar-refractivity contribution in [2.75, 3.05) is 43.5 Å². The van der Waals surface area contributed by atoms with E-state index in [2.05, 4.69) is 29.2 Å². The van der Waals surface area contributed by atoms with Crippen LogP contribution < -0.4 is 15.3 Å². The molecule has 0 bridgehead atoms. The maximum Gasteiger partial charge on any atom is 0.324 e. The Balaban J connectivity index is 1.56. The summed E-state index contributed by atoms with van der Waals surface area (Å²) in [7, 11) is 4.03. The minimum absolute atomic E-state index is 0.0119. The average Bonchev–Trinajstić information content (AvgIpc) is 3.11. The predicted molar refractivity (Wildman–Crippen MR) is 114 cm³/mol. The molecule has 0 atom stereocenters. The molecular weight excluding hydrogens is 368 g/mol. The molecule has 0 saturated carbocycles. The lowest BCUT2D eigenvalue weighted by atomic mass is 10.1. The first-order valence-corrected chi connectivity index (χ1v) is 9.53. The number of urea groups is 1. The van der Waals surface area contributed by atoms with E-state index in [9.17, 15) is 9.59 Å². The van der Waals surface area contributed by atoms with Crippen molar-refractivity contribution in [3.63, 3.8) is 0 Å². The Morgan fingerprint density at radius 1 is 1.10 bits per heavy atom. The SMILES string of the molecule is CN(C)c1ccc(CCN2CCN(c3ccc(/C=C/C(=O)NO)cc3)C2=O)cc1. The van der Waals surface area contributed by atoms with Gasteiger partial charge in [0.25, 0.3) is 5.91 Å². The molecule has 152 valence electrons. The lowest BCUT2D eigenvalue weighted by Gasteiger charge is -2.19. The Bertz CT molecular complexity index is 876. The quantitative estimate of drug-likeness (QED) is 0.430. The van der Waals surface area contributed by atoms with Crippen molar-refractivity contribution in [3.05, 3.63) is 65.7 Å². The number of carbonyl (C=O) groups excluding carboxylic acids is 2. The summed E-state index contributed by atoms with van der Waals surface area (Å²) in [6, 6.07) is 15.8. The van der Waals surface area contributed by atoms with E-state index >= 15 is 0 Å². The highest BCUT2D eigenvalue weighted by Crippen LogP contribution is 2.22. The number of rotatable bonds is 7. The lowest BCUT2D eigenvalue weighted by molar-refractivity contribution is -0.124. The van der Waals surface area contributed by atoms with Crippen LogP contribution in [0.5, 0.6) is 0 Å². The number of hydroxylamine groups is 1. The van der Waals surface area contributed by atoms with Gasteiger partial charge in [-0.15, -0.1) is 0 Å². The van der Waals surface area contributed by atoms with Crippen LogP contribution in [-0.2, 0) is 11.2 Å². The van der Waals surface area contributed by atoms with Crippen molar-refractivity contribution >= 4 is 29.4 Å². The second-order valence-corrected chi connectivity index (χ2v) is 7.13. The number of hydrogen-bond acceptors (Lipinski definition) is 4. The maximum atomic E-state index is 12.8. The zero-order valence-corrected chi connectivity index (χ0v) is 16.7. The standard InChI is InChI=1S/C22H26N4O3/c1-24(2)19-8-3-18(4-9-19)13-14-25-15-16-26(22(25)28)20-10-5-17(6-11-20)7-12-21(27)23-29/h3-12,29H,13-16H2,1-2H3,(H,23,27)/b12-7+. The van der Waals surface area contributed by atoms with Crippen molar-refractivity contribution in [2.45, 2.75) is 6.42 Å². The molecule has 0 radical (unpaired) electrons. The summed E-state index contributed by atoms with van der Waals surface area (Å²) in [6.45, 7) is 2.04. The van der Waals surface area contributed by atoms with E-state index in [-0.39, 0.29) is 6.03 Å². The Labute approximate surface area is 170 Å². The predicted octanol–water partition coefficient (Wildman–Crippen LogP) is 2.76. The Morgan fingerprint density at radius 2 is 1.79 bits per heavy atom. The third-order valence-electron chi connectivity index (χ3n) is 4.96. The molecule has 3 amide bonds. The number of benzene rings is 2. The van der Waals surface area contributed by atoms with Crippen LogP contribution in [0.25, 0.3) is 6.08 Å². The number of carbonyl (C=O) groups is 2. The van der Waals surface area contributed by atoms with Gasteiger partial charge in [-0.3, -0.25) is 14.9 Å². The molecule has 3 rings (SSSR count). The number of hydrogen-bond donors (Lipinski definition) is 2. The van der Waals surface area contributed by atoms with Crippen LogP contribution in [0.4, 0.5) is 16.2 Å². The fraction of sp³-hybridized carbons (Fsp3) is 0.273. The first-order valence-electron chi connectivity index (χ1n) is 9.53. The van der Waals surface area contributed by atoms with Crippen LogP contribution in [0.15, 0.2) is 54.6 Å². The molecule has 2 N–H and O–H groups in total. The molecular formula is C22H26N4O3. The van der Waals surface area contributed by atoms with Gasteiger partial charge < -0.3 is 9.80 Å². The monoisotopic (exact) mass is 394 g/mol. The Kier molecular flexibility index (Phi) is 6.51. The molecule has 0 aliphatic carbocycles. The van der Waals surface area contributed by atoms with Gasteiger partial charge in [-0.2, -0.15) is 0 Å². The van der Waals surface area contributed by atoms with Gasteiger partial charge in [-0.25, -0.2) is 10.3 Å². The lowest BCUT2D eigenvalue weighted by Crippen LogP contribution is -2.33. The van der Waals surface area contributed by atoms with Crippen LogP contribution in [0.3, 0.4) is 0 Å². The van der Waals surface area contributed by atoms with Gasteiger partial charge in [0.2, 0.25) is 0 Å². The number of nitrogens with one attached hydrogen (secondary N) is 1. The number of amides is 3. The van der Waals surface area contributed by atoms with Gasteiger partial charge in [0.1, 0.15) is 0 Å². The van der Waals surface area contributed by atoms with Crippen LogP contribution >= 0.6 is 0 Å². The first kappa shape index (κ1) is 20.4. The second kappa shape index (κ2) is 9.25. The minimum Gasteiger partial charge on any atom is -0.378 e. The summed E-state index contributed by atoms with van der Waals surface area (Å²) in [5, 5.41) is 8.50. The van der Waals surface area contributed by atoms with Gasteiger partial charge in [-0.1, -0.05) is 24.3 Å². The highest BCUT2D eigenvalue weighted by molar-refractivity contribution is 5.94. The molecule has 7 nitrogen and oxygen atoms in total. The smallest absolute Gasteiger partial charge is 0.324 e. The third kappa shape index (κ3) is 5.14. The molecule has 2 aromatic carbocycles. The fourth-order valence-corrected chi connectivity index (χ4v) is 3.23. The second-order valence-electron chi connectivity index (χ2n) is 7.13. The summed E-state index contributed by atoms with van der Waals surface area (Å²) in [5.41, 5.74) is 5.56. The van der Waals surface area contributed by atoms with Crippen LogP contribution in [-0.4, -0.2) is 55.8 Å². The van der Waals surface area contributed by atoms with Crippen LogP contribution in [0, 0.1) is 0 Å². The van der Waals surface area contributed by atoms with E-state index in [4.69, 9.17) is 5.21 Å². The highest BCUT2D eigenvalue weighted by Gasteiger charge is 2.28. The van der Waals surface area contributed by atoms with E-state index in [1.54, 1.807) is 16.5 Å². The molecule has 1 aliphatic rings. The Hall–Kier alpha value is -3.32. The number of nitrogens with zero attached hydrogens (tertiary/aromatic N) is 3. The fourth-order valence-electron chi connectivity index (χ4n) is 3.23. The van der Waals surface area contributed by atoms with Crippen molar-refractivity contribution in [2.24, 2.45) is 0 Å². The largest absolute Gasteiger partial charge is 0.378 e. The van der Waals surface area contributed by atoms with Gasteiger partial charge in [0, 0.05) is 51.2 Å². The first-order chi connectivity index (χ1) is 14.0. The van der Waals surface area contributed by atoms with E-state index in [0.717, 1.165) is 23.4 Å². The molecule has 7 heteroatoms. The van der Waals surface area contributed by atoms with E-state index in [1.807, 2.05) is 43.3 Å². The molecule has 1 fully saturated rings. The summed E-state index contributed by atoms with van der Waals surface area (Å²) in [5.74, 6) is -0.587. The third-order valence-corrected chi connectivity index (χ3v) is 4.96. The summed E-state index contributed by atoms with van der Waals surface area (Å²) >= 11 is 0. The molecule has 2 aromatic rings. The van der Waals surface area contributed by atoms with E-state index in [1.165, 1.54) is 11.6 Å². The zero-order chi connectivity index (χ0) is 20.8. The van der Waals surface area contributed by atoms with Crippen molar-refractivity contribution in [1.82, 2.24) is 10.4 Å². The van der Waals surface area contributed by atoms with Crippen molar-refractivity contribution in [1.29, 1.82) is 0 Å². The topological polar surface area (TPSA) is 76.1 Å². The molecule has 0 unspecified atom stereocenters. The summed E-state index contributed by atoms with van der Waals surface area (Å²) in [6.07, 6.45) is 3.65. The number of anilines is 2. The zero-order valence-electron chi connectivity index (χ0n) is 16.7. The summed E-state index contributed by atoms with van der Waals surface area (Å²) < 4.78 is 0. The molecule has 0 spiro atoms. The molecule has 29 heavy (non-hydrogen) atoms. The minimum atomic E-state index is -0.587. The average molecular weight is 394 g/mol. The Morgan fingerprint density at radius 3 is 2.41 bits per heavy atom. The van der Waals surface area contributed by atoms with E-state index in [0.29, 0.717) is 19.6 Å². The summed E-state index contributed by atoms with van der Waals surface area (Å²) in [4.78, 5) is 29.5. The van der Waals surface area contributed by atoms with Gasteiger partial charge in [-0.05, 0) is 47.9 Å². The molecule has 1 saturated heterocycles. The molecule has 1 aliphatic heterocycles. The highest BCUT2D eigenvalue weighted by atomic mass is 16.5. The van der Waals surface area contributed by atoms with Crippen LogP contribution in [0.1, 0.15) is 11.1 Å². The van der Waals surface area contributed by atoms with E-state index < -0.39 is 5.91 Å². The maximum absolute atomic E-state index is 12.8. The van der Waals surface area contributed by atoms with Crippen molar-refractivity contribution < 1.29 is 14.8 Å². The van der Waals surface area contributed by atoms with Crippen molar-refractivity contribution in [3.8, 4) is 0 Å².